The van der Waals surface area contributed by atoms with Gasteiger partial charge in [0.15, 0.2) is 12.4 Å². The summed E-state index contributed by atoms with van der Waals surface area (Å²) in [4.78, 5) is 136. The lowest BCUT2D eigenvalue weighted by molar-refractivity contribution is -0.389. The minimum atomic E-state index is -0.875. The highest BCUT2D eigenvalue weighted by atomic mass is 79.9. The zero-order valence-electron chi connectivity index (χ0n) is 85.7. The van der Waals surface area contributed by atoms with Crippen LogP contribution in [0.15, 0.2) is 223 Å². The number of nitrogen functional groups attached to an aromatic ring is 1. The Bertz CT molecular complexity index is 5800. The summed E-state index contributed by atoms with van der Waals surface area (Å²) in [5, 5.41) is 51.7. The molecule has 0 spiro atoms. The maximum absolute atomic E-state index is 14.2. The summed E-state index contributed by atoms with van der Waals surface area (Å²) in [5.41, 5.74) is 14.0. The van der Waals surface area contributed by atoms with E-state index in [1.165, 1.54) is 60.3 Å². The molecule has 4 saturated heterocycles. The van der Waals surface area contributed by atoms with Crippen LogP contribution in [0, 0.1) is 31.9 Å². The van der Waals surface area contributed by atoms with E-state index < -0.39 is 52.5 Å². The predicted octanol–water partition coefficient (Wildman–Crippen LogP) is 16.8. The number of amides is 6. The number of nitrogens with zero attached hydrogens (tertiary/aromatic N) is 11. The molecule has 5 aliphatic heterocycles. The minimum absolute atomic E-state index is 0.0181. The minimum Gasteiger partial charge on any atom is -0.497 e. The van der Waals surface area contributed by atoms with Gasteiger partial charge in [0.05, 0.1) is 132 Å². The van der Waals surface area contributed by atoms with Crippen LogP contribution in [0.3, 0.4) is 0 Å². The summed E-state index contributed by atoms with van der Waals surface area (Å²) in [6, 6.07) is 58.4. The van der Waals surface area contributed by atoms with Crippen LogP contribution in [-0.2, 0) is 80.4 Å². The molecule has 6 aromatic carbocycles. The number of carbonyl (C=O) groups is 8. The third-order valence-electron chi connectivity index (χ3n) is 20.9. The van der Waals surface area contributed by atoms with E-state index >= 15 is 0 Å². The van der Waals surface area contributed by atoms with E-state index in [1.807, 2.05) is 150 Å². The molecule has 4 aromatic heterocycles. The van der Waals surface area contributed by atoms with E-state index in [0.717, 1.165) is 57.4 Å². The van der Waals surface area contributed by atoms with Crippen LogP contribution in [-0.4, -0.2) is 244 Å². The topological polar surface area (TPSA) is 483 Å². The summed E-state index contributed by atoms with van der Waals surface area (Å²) in [6.45, 7) is 33.9. The number of methoxy groups -OCH3 is 2. The molecule has 9 heterocycles. The number of anilines is 3. The summed E-state index contributed by atoms with van der Waals surface area (Å²) in [6.07, 6.45) is 5.16. The molecule has 0 aliphatic carbocycles. The number of ether oxygens (including phenoxy) is 6. The second-order valence-corrected chi connectivity index (χ2v) is 40.8. The summed E-state index contributed by atoms with van der Waals surface area (Å²) < 4.78 is 60.1. The van der Waals surface area contributed by atoms with Crippen molar-refractivity contribution >= 4 is 151 Å². The molecule has 9 N–H and O–H groups in total. The summed E-state index contributed by atoms with van der Waals surface area (Å²) in [5.74, 6) is -0.711. The molecular weight excluding hydrogens is 2200 g/mol. The number of benzene rings is 6. The molecule has 0 bridgehead atoms. The first kappa shape index (κ1) is 128. The maximum atomic E-state index is 14.2. The van der Waals surface area contributed by atoms with Gasteiger partial charge in [-0.25, -0.2) is 18.7 Å². The van der Waals surface area contributed by atoms with E-state index in [1.54, 1.807) is 126 Å². The van der Waals surface area contributed by atoms with Gasteiger partial charge in [-0.1, -0.05) is 185 Å². The molecule has 5 aliphatic rings. The Morgan fingerprint density at radius 1 is 0.595 bits per heavy atom. The van der Waals surface area contributed by atoms with Gasteiger partial charge >= 0.3 is 11.6 Å². The SMILES string of the molecule is CC.CC(C)(Br)C(=O)Br.CC(C)(Br)C(=O)N(CCO)Cc1ccccc1.CC1(C)OCCN(Cc2ccccc2)C1=O.CC1(C)OCCN(c2ccc(N)nc2)C1=O.CC1(C)OCCN(c2ccc([N+](=O)[O-])nc2)C1=O.CC1(C)OCCNC1=O.COc1ccc(CN2Cc3nc(-c4c(F)cccc4F)cc(Cl)c3C2=O)c(OC)c1.NCCO.O=Cc1ccccc1.O=[N+]([O-])c1ccc(Br)cn1.OCCNCc1ccccc1. The summed E-state index contributed by atoms with van der Waals surface area (Å²) >= 11 is 18.7. The number of pyridine rings is 4. The second kappa shape index (κ2) is 64.4. The molecule has 43 heteroatoms. The number of aliphatic hydroxyl groups is 3. The number of aldehydes is 1. The number of hydrogen-bond acceptors (Lipinski definition) is 28. The summed E-state index contributed by atoms with van der Waals surface area (Å²) in [7, 11) is 3.09. The number of alkyl halides is 2. The van der Waals surface area contributed by atoms with Gasteiger partial charge in [-0.2, -0.15) is 0 Å². The van der Waals surface area contributed by atoms with Crippen molar-refractivity contribution in [3.8, 4) is 22.8 Å². The van der Waals surface area contributed by atoms with Crippen molar-refractivity contribution in [1.29, 1.82) is 0 Å². The third-order valence-corrected chi connectivity index (χ3v) is 23.9. The van der Waals surface area contributed by atoms with Gasteiger partial charge in [-0.15, -0.1) is 0 Å². The molecule has 802 valence electrons. The quantitative estimate of drug-likeness (QED) is 0.00781. The van der Waals surface area contributed by atoms with Crippen LogP contribution in [0.2, 0.25) is 5.02 Å². The molecular formula is C105H132Br4ClF2N15O21. The van der Waals surface area contributed by atoms with E-state index in [9.17, 15) is 67.4 Å². The Hall–Kier alpha value is -12.0. The molecule has 4 fully saturated rings. The van der Waals surface area contributed by atoms with Crippen LogP contribution in [0.1, 0.15) is 146 Å². The number of carbonyl (C=O) groups excluding carboxylic acids is 8. The Morgan fingerprint density at radius 2 is 1.07 bits per heavy atom. The Kier molecular flexibility index (Phi) is 55.8. The molecule has 0 atom stereocenters. The molecule has 15 rings (SSSR count). The van der Waals surface area contributed by atoms with Crippen LogP contribution < -0.4 is 41.4 Å². The number of hydrogen-bond donors (Lipinski definition) is 7. The Labute approximate surface area is 900 Å². The third kappa shape index (κ3) is 43.7. The highest BCUT2D eigenvalue weighted by Crippen LogP contribution is 2.37. The number of nitro groups is 2. The van der Waals surface area contributed by atoms with Crippen molar-refractivity contribution in [3.63, 3.8) is 0 Å². The molecule has 148 heavy (non-hydrogen) atoms. The average molecular weight is 2330 g/mol. The van der Waals surface area contributed by atoms with Gasteiger partial charge in [0.1, 0.15) is 57.6 Å². The Morgan fingerprint density at radius 3 is 1.49 bits per heavy atom. The zero-order valence-corrected chi connectivity index (χ0v) is 92.8. The number of morpholine rings is 4. The van der Waals surface area contributed by atoms with Gasteiger partial charge in [-0.3, -0.25) is 38.4 Å². The monoisotopic (exact) mass is 2330 g/mol. The number of halogens is 7. The lowest BCUT2D eigenvalue weighted by Gasteiger charge is -2.37. The molecule has 36 nitrogen and oxygen atoms in total. The van der Waals surface area contributed by atoms with Crippen LogP contribution in [0.5, 0.6) is 11.5 Å². The fraction of sp³-hybridized carbons (Fsp3) is 0.390. The van der Waals surface area contributed by atoms with Crippen molar-refractivity contribution in [2.24, 2.45) is 5.73 Å². The molecule has 0 saturated carbocycles. The predicted molar refractivity (Wildman–Crippen MR) is 579 cm³/mol. The van der Waals surface area contributed by atoms with Crippen LogP contribution in [0.25, 0.3) is 11.3 Å². The molecule has 0 unspecified atom stereocenters. The molecule has 10 aromatic rings. The molecule has 6 amide bonds. The van der Waals surface area contributed by atoms with Crippen molar-refractivity contribution in [1.82, 2.24) is 45.3 Å². The number of nitrogens with two attached hydrogens (primary N) is 2. The zero-order chi connectivity index (χ0) is 111. The van der Waals surface area contributed by atoms with Crippen LogP contribution in [0.4, 0.5) is 37.6 Å². The largest absolute Gasteiger partial charge is 0.497 e. The first-order chi connectivity index (χ1) is 69.9. The number of aliphatic hydroxyl groups excluding tert-OH is 3. The van der Waals surface area contributed by atoms with Gasteiger partial charge < -0.3 is 111 Å². The smallest absolute Gasteiger partial charge is 0.363 e. The van der Waals surface area contributed by atoms with Crippen molar-refractivity contribution in [2.45, 2.75) is 161 Å². The van der Waals surface area contributed by atoms with Gasteiger partial charge in [0.25, 0.3) is 29.5 Å². The first-order valence-electron chi connectivity index (χ1n) is 46.7. The van der Waals surface area contributed by atoms with E-state index in [4.69, 9.17) is 66.8 Å². The lowest BCUT2D eigenvalue weighted by Crippen LogP contribution is -2.53. The standard InChI is InChI=1S/C22H17ClF2N2O3.C13H18BrNO2.C13H17NO2.C11H13N3O4.C11H15N3O2.C9H13NO.C7H6O.C6H11NO2.C5H3BrN2O2.C4H6Br2O.C2H7NO.C2H6/c1-29-13-7-6-12(19(8-13)30-2)10-27-11-18-20(22(27)28)14(23)9-17(26-18)21-15(24)4-3-5-16(21)25;1-13(2,14)12(17)15(8-9-16)10-11-6-4-3-5-7-11;1-13(2)12(15)14(8-9-16-13)10-11-6-4-3-5-7-11;1-11(2)10(15)13(5-6-18-11)8-3-4-9(12-7-8)14(16)17;1-11(2)10(15)14(5-6-16-11)8-3-4-9(12)13-7-8;11-7-6-10-8-9-4-2-1-3-5-9;8-6-7-4-2-1-3-5-7;1-6(2)5(8)7-3-4-9-6;6-4-1-2-5(7-3-4)8(9)10;1-4(2,6)3(5)7;3-1-2-4;1-2/h3-9H,10-11H2,1-2H3;3-7,16H,8-10H2,1-2H3;3-7H,8-10H2,1-2H3;3-4,7H,5-6H2,1-2H3;3-4,7H,5-6H2,1-2H3,(H2,12,13);1-5,10-11H,6-8H2;1-6H;3-4H2,1-2H3,(H,7,8);1-3H;1-2H3;4H,1-3H2;1-2H3. The number of rotatable bonds is 23. The van der Waals surface area contributed by atoms with Crippen LogP contribution >= 0.6 is 75.3 Å². The molecule has 0 radical (unpaired) electrons. The van der Waals surface area contributed by atoms with Crippen molar-refractivity contribution in [2.75, 3.05) is 122 Å². The average Bonchev–Trinajstić information content (AvgIpc) is 1.61. The van der Waals surface area contributed by atoms with Gasteiger partial charge in [0.2, 0.25) is 10.6 Å². The highest BCUT2D eigenvalue weighted by molar-refractivity contribution is 9.20. The Balaban J connectivity index is 0.000000350. The second-order valence-electron chi connectivity index (χ2n) is 34.8. The maximum Gasteiger partial charge on any atom is 0.363 e. The van der Waals surface area contributed by atoms with Crippen molar-refractivity contribution < 1.29 is 101 Å². The fourth-order valence-corrected chi connectivity index (χ4v) is 13.9. The van der Waals surface area contributed by atoms with E-state index in [-0.39, 0.29) is 107 Å². The fourth-order valence-electron chi connectivity index (χ4n) is 13.1. The first-order valence-corrected chi connectivity index (χ1v) is 50.2. The number of nitrogens with one attached hydrogen (secondary N) is 2. The lowest BCUT2D eigenvalue weighted by atomic mass is 10.1. The number of aromatic nitrogens is 4. The van der Waals surface area contributed by atoms with E-state index in [2.05, 4.69) is 106 Å². The highest BCUT2D eigenvalue weighted by Gasteiger charge is 2.41. The van der Waals surface area contributed by atoms with E-state index in [0.29, 0.717) is 114 Å². The van der Waals surface area contributed by atoms with Crippen molar-refractivity contribution in [3.05, 3.63) is 299 Å². The van der Waals surface area contributed by atoms with Gasteiger partial charge in [-0.05, 0) is 206 Å². The van der Waals surface area contributed by atoms with Gasteiger partial charge in [0, 0.05) is 94.8 Å². The normalized spacial score (nSPS) is 14.6. The number of fused-ring (bicyclic) bond motifs is 1.